The molecule has 0 amide bonds. The Balaban J connectivity index is 2.21. The van der Waals surface area contributed by atoms with Crippen LogP contribution in [0.25, 0.3) is 0 Å². The zero-order valence-corrected chi connectivity index (χ0v) is 8.44. The Morgan fingerprint density at radius 3 is 1.45 bits per heavy atom. The standard InChI is InChI=1S/C8H10Cl3/c1-6(9,7(10)2-3-7)8(11)4-5-8/h1-5H2. The Bertz CT molecular complexity index is 170. The molecule has 2 fully saturated rings. The molecule has 0 aromatic rings. The molecule has 1 radical (unpaired) electrons. The van der Waals surface area contributed by atoms with Gasteiger partial charge in [0.1, 0.15) is 0 Å². The molecule has 0 unspecified atom stereocenters. The highest BCUT2D eigenvalue weighted by molar-refractivity contribution is 6.43. The van der Waals surface area contributed by atoms with E-state index in [0.717, 1.165) is 25.7 Å². The summed E-state index contributed by atoms with van der Waals surface area (Å²) in [5.41, 5.74) is 0. The van der Waals surface area contributed by atoms with Gasteiger partial charge in [0.05, 0.1) is 14.6 Å². The molecule has 0 spiro atoms. The van der Waals surface area contributed by atoms with E-state index in [9.17, 15) is 0 Å². The monoisotopic (exact) mass is 211 g/mol. The van der Waals surface area contributed by atoms with Crippen LogP contribution in [0.15, 0.2) is 0 Å². The van der Waals surface area contributed by atoms with Crippen molar-refractivity contribution in [2.75, 3.05) is 0 Å². The van der Waals surface area contributed by atoms with Crippen molar-refractivity contribution in [3.63, 3.8) is 0 Å². The van der Waals surface area contributed by atoms with Gasteiger partial charge in [0.2, 0.25) is 0 Å². The van der Waals surface area contributed by atoms with Gasteiger partial charge in [-0.2, -0.15) is 0 Å². The first-order valence-electron chi connectivity index (χ1n) is 3.83. The SMILES string of the molecule is [CH2]C(Cl)(C1(Cl)CC1)C1(Cl)CC1. The number of hydrogen-bond acceptors (Lipinski definition) is 0. The van der Waals surface area contributed by atoms with Crippen LogP contribution in [0.3, 0.4) is 0 Å². The van der Waals surface area contributed by atoms with E-state index in [1.165, 1.54) is 0 Å². The Hall–Kier alpha value is 0.870. The molecule has 2 saturated carbocycles. The van der Waals surface area contributed by atoms with Crippen molar-refractivity contribution < 1.29 is 0 Å². The lowest BCUT2D eigenvalue weighted by molar-refractivity contribution is 0.588. The third-order valence-corrected chi connectivity index (χ3v) is 5.12. The minimum atomic E-state index is -0.650. The summed E-state index contributed by atoms with van der Waals surface area (Å²) in [6, 6.07) is 0. The molecule has 0 atom stereocenters. The highest BCUT2D eigenvalue weighted by Gasteiger charge is 2.68. The summed E-state index contributed by atoms with van der Waals surface area (Å²) in [5.74, 6) is 0. The topological polar surface area (TPSA) is 0 Å². The van der Waals surface area contributed by atoms with Crippen LogP contribution < -0.4 is 0 Å². The van der Waals surface area contributed by atoms with Gasteiger partial charge in [-0.1, -0.05) is 0 Å². The van der Waals surface area contributed by atoms with Gasteiger partial charge in [-0.25, -0.2) is 0 Å². The first-order chi connectivity index (χ1) is 4.91. The highest BCUT2D eigenvalue weighted by atomic mass is 35.5. The Labute approximate surface area is 82.2 Å². The zero-order chi connectivity index (χ0) is 8.33. The lowest BCUT2D eigenvalue weighted by atomic mass is 9.98. The first kappa shape index (κ1) is 8.47. The minimum Gasteiger partial charge on any atom is -0.117 e. The lowest BCUT2D eigenvalue weighted by Gasteiger charge is -2.32. The maximum atomic E-state index is 6.24. The second-order valence-corrected chi connectivity index (χ2v) is 5.82. The van der Waals surface area contributed by atoms with Gasteiger partial charge in [0.15, 0.2) is 0 Å². The van der Waals surface area contributed by atoms with Gasteiger partial charge in [0.25, 0.3) is 0 Å². The third-order valence-electron chi connectivity index (χ3n) is 2.80. The van der Waals surface area contributed by atoms with E-state index in [4.69, 9.17) is 34.8 Å². The van der Waals surface area contributed by atoms with Crippen molar-refractivity contribution in [1.82, 2.24) is 0 Å². The van der Waals surface area contributed by atoms with Crippen LogP contribution in [-0.2, 0) is 0 Å². The smallest absolute Gasteiger partial charge is 0.0829 e. The van der Waals surface area contributed by atoms with E-state index in [1.54, 1.807) is 0 Å². The predicted molar refractivity (Wildman–Crippen MR) is 49.6 cm³/mol. The molecular formula is C8H10Cl3. The van der Waals surface area contributed by atoms with Crippen LogP contribution in [0.4, 0.5) is 0 Å². The normalized spacial score (nSPS) is 31.6. The Kier molecular flexibility index (Phi) is 1.56. The molecule has 11 heavy (non-hydrogen) atoms. The molecule has 0 N–H and O–H groups in total. The largest absolute Gasteiger partial charge is 0.117 e. The fraction of sp³-hybridized carbons (Fsp3) is 0.875. The van der Waals surface area contributed by atoms with Crippen LogP contribution in [0.1, 0.15) is 25.7 Å². The molecule has 0 saturated heterocycles. The Morgan fingerprint density at radius 1 is 1.00 bits per heavy atom. The summed E-state index contributed by atoms with van der Waals surface area (Å²) in [6.07, 6.45) is 3.82. The van der Waals surface area contributed by atoms with Crippen LogP contribution in [0.5, 0.6) is 0 Å². The van der Waals surface area contributed by atoms with Crippen molar-refractivity contribution in [3.8, 4) is 0 Å². The van der Waals surface area contributed by atoms with Crippen molar-refractivity contribution >= 4 is 34.8 Å². The molecule has 0 bridgehead atoms. The van der Waals surface area contributed by atoms with Crippen molar-refractivity contribution in [3.05, 3.63) is 6.92 Å². The summed E-state index contributed by atoms with van der Waals surface area (Å²) in [7, 11) is 0. The van der Waals surface area contributed by atoms with E-state index in [1.807, 2.05) is 0 Å². The molecule has 3 heteroatoms. The molecule has 0 aromatic carbocycles. The van der Waals surface area contributed by atoms with Gasteiger partial charge in [0, 0.05) is 0 Å². The van der Waals surface area contributed by atoms with E-state index >= 15 is 0 Å². The summed E-state index contributed by atoms with van der Waals surface area (Å²) < 4.78 is 0. The van der Waals surface area contributed by atoms with Crippen LogP contribution in [0, 0.1) is 6.92 Å². The molecule has 2 rings (SSSR count). The van der Waals surface area contributed by atoms with Gasteiger partial charge < -0.3 is 0 Å². The Morgan fingerprint density at radius 2 is 1.27 bits per heavy atom. The number of hydrogen-bond donors (Lipinski definition) is 0. The number of alkyl halides is 3. The fourth-order valence-corrected chi connectivity index (χ4v) is 2.39. The first-order valence-corrected chi connectivity index (χ1v) is 4.97. The van der Waals surface area contributed by atoms with Crippen LogP contribution >= 0.6 is 34.8 Å². The molecular weight excluding hydrogens is 202 g/mol. The highest BCUT2D eigenvalue weighted by Crippen LogP contribution is 2.66. The van der Waals surface area contributed by atoms with Crippen LogP contribution in [-0.4, -0.2) is 14.6 Å². The van der Waals surface area contributed by atoms with Crippen molar-refractivity contribution in [1.29, 1.82) is 0 Å². The van der Waals surface area contributed by atoms with Gasteiger partial charge >= 0.3 is 0 Å². The van der Waals surface area contributed by atoms with E-state index < -0.39 is 4.87 Å². The summed E-state index contributed by atoms with van der Waals surface area (Å²) >= 11 is 18.6. The zero-order valence-electron chi connectivity index (χ0n) is 6.17. The summed E-state index contributed by atoms with van der Waals surface area (Å²) in [4.78, 5) is -1.28. The van der Waals surface area contributed by atoms with Gasteiger partial charge in [-0.3, -0.25) is 0 Å². The second kappa shape index (κ2) is 2.02. The second-order valence-electron chi connectivity index (χ2n) is 3.73. The maximum Gasteiger partial charge on any atom is 0.0829 e. The van der Waals surface area contributed by atoms with E-state index in [2.05, 4.69) is 6.92 Å². The molecule has 0 heterocycles. The summed E-state index contributed by atoms with van der Waals surface area (Å²) in [6.45, 7) is 3.94. The number of halogens is 3. The number of rotatable bonds is 2. The maximum absolute atomic E-state index is 6.24. The lowest BCUT2D eigenvalue weighted by Crippen LogP contribution is -2.42. The summed E-state index contributed by atoms with van der Waals surface area (Å²) in [5, 5.41) is 0. The molecule has 0 aromatic heterocycles. The minimum absolute atomic E-state index is 0.313. The van der Waals surface area contributed by atoms with Gasteiger partial charge in [-0.15, -0.1) is 34.8 Å². The van der Waals surface area contributed by atoms with E-state index in [-0.39, 0.29) is 9.75 Å². The average molecular weight is 213 g/mol. The molecule has 0 aliphatic heterocycles. The van der Waals surface area contributed by atoms with Crippen LogP contribution in [0.2, 0.25) is 0 Å². The quantitative estimate of drug-likeness (QED) is 0.616. The predicted octanol–water partition coefficient (Wildman–Crippen LogP) is 3.34. The van der Waals surface area contributed by atoms with Gasteiger partial charge in [-0.05, 0) is 32.6 Å². The molecule has 2 aliphatic rings. The fourth-order valence-electron chi connectivity index (χ4n) is 1.41. The van der Waals surface area contributed by atoms with Crippen molar-refractivity contribution in [2.24, 2.45) is 0 Å². The third kappa shape index (κ3) is 1.03. The molecule has 0 nitrogen and oxygen atoms in total. The van der Waals surface area contributed by atoms with Crippen molar-refractivity contribution in [2.45, 2.75) is 40.3 Å². The molecule has 2 aliphatic carbocycles. The van der Waals surface area contributed by atoms with E-state index in [0.29, 0.717) is 0 Å². The average Bonchev–Trinajstić information content (AvgIpc) is 2.72. The molecule has 63 valence electrons.